The van der Waals surface area contributed by atoms with Crippen LogP contribution in [0.4, 0.5) is 5.95 Å². The zero-order chi connectivity index (χ0) is 11.4. The van der Waals surface area contributed by atoms with Crippen molar-refractivity contribution in [3.8, 4) is 0 Å². The van der Waals surface area contributed by atoms with E-state index < -0.39 is 0 Å². The number of imidazole rings is 1. The number of nitrogens with zero attached hydrogens (tertiary/aromatic N) is 2. The third kappa shape index (κ3) is 3.26. The summed E-state index contributed by atoms with van der Waals surface area (Å²) in [6, 6.07) is 0.691. The van der Waals surface area contributed by atoms with E-state index in [0.29, 0.717) is 6.04 Å². The van der Waals surface area contributed by atoms with Crippen LogP contribution in [0.25, 0.3) is 0 Å². The lowest BCUT2D eigenvalue weighted by molar-refractivity contribution is 0.584. The zero-order valence-electron chi connectivity index (χ0n) is 10.5. The molecule has 0 aliphatic heterocycles. The molecule has 0 radical (unpaired) electrons. The van der Waals surface area contributed by atoms with Gasteiger partial charge in [-0.25, -0.2) is 4.98 Å². The summed E-state index contributed by atoms with van der Waals surface area (Å²) in [5, 5.41) is 3.50. The Morgan fingerprint density at radius 3 is 2.88 bits per heavy atom. The van der Waals surface area contributed by atoms with Crippen LogP contribution >= 0.6 is 0 Å². The third-order valence-electron chi connectivity index (χ3n) is 3.06. The molecule has 16 heavy (non-hydrogen) atoms. The Labute approximate surface area is 98.3 Å². The third-order valence-corrected chi connectivity index (χ3v) is 3.06. The monoisotopic (exact) mass is 221 g/mol. The highest BCUT2D eigenvalue weighted by molar-refractivity contribution is 5.32. The van der Waals surface area contributed by atoms with Gasteiger partial charge in [0.1, 0.15) is 0 Å². The highest BCUT2D eigenvalue weighted by Crippen LogP contribution is 2.24. The molecule has 0 atom stereocenters. The van der Waals surface area contributed by atoms with Crippen LogP contribution in [0.5, 0.6) is 0 Å². The van der Waals surface area contributed by atoms with Gasteiger partial charge in [-0.3, -0.25) is 0 Å². The van der Waals surface area contributed by atoms with Crippen molar-refractivity contribution >= 4 is 5.95 Å². The Morgan fingerprint density at radius 1 is 1.38 bits per heavy atom. The summed E-state index contributed by atoms with van der Waals surface area (Å²) in [5.41, 5.74) is 1.12. The van der Waals surface area contributed by atoms with Crippen LogP contribution in [0.1, 0.15) is 51.1 Å². The number of aryl methyl sites for hydroxylation is 2. The molecule has 1 saturated carbocycles. The Morgan fingerprint density at radius 2 is 2.19 bits per heavy atom. The smallest absolute Gasteiger partial charge is 0.203 e. The Kier molecular flexibility index (Phi) is 3.86. The maximum Gasteiger partial charge on any atom is 0.203 e. The van der Waals surface area contributed by atoms with Crippen LogP contribution in [0.2, 0.25) is 0 Å². The molecule has 3 heteroatoms. The number of nitrogens with one attached hydrogen (secondary N) is 1. The predicted molar refractivity (Wildman–Crippen MR) is 67.8 cm³/mol. The minimum absolute atomic E-state index is 0.691. The first-order valence-corrected chi connectivity index (χ1v) is 6.60. The minimum atomic E-state index is 0.691. The number of rotatable bonds is 7. The van der Waals surface area contributed by atoms with Gasteiger partial charge in [0, 0.05) is 18.8 Å². The van der Waals surface area contributed by atoms with Crippen molar-refractivity contribution in [1.82, 2.24) is 9.55 Å². The maximum atomic E-state index is 4.54. The second-order valence-corrected chi connectivity index (χ2v) is 4.88. The molecule has 0 bridgehead atoms. The fraction of sp³-hybridized carbons (Fsp3) is 0.769. The van der Waals surface area contributed by atoms with Crippen LogP contribution in [0, 0.1) is 6.92 Å². The van der Waals surface area contributed by atoms with E-state index in [1.54, 1.807) is 0 Å². The first kappa shape index (κ1) is 11.5. The molecule has 1 aliphatic carbocycles. The number of hydrogen-bond donors (Lipinski definition) is 1. The normalized spacial score (nSPS) is 15.4. The van der Waals surface area contributed by atoms with E-state index in [9.17, 15) is 0 Å². The number of unbranched alkanes of at least 4 members (excludes halogenated alkanes) is 3. The van der Waals surface area contributed by atoms with Crippen LogP contribution in [0.3, 0.4) is 0 Å². The van der Waals surface area contributed by atoms with Crippen molar-refractivity contribution in [2.24, 2.45) is 0 Å². The van der Waals surface area contributed by atoms with Gasteiger partial charge in [0.25, 0.3) is 0 Å². The molecule has 2 rings (SSSR count). The summed E-state index contributed by atoms with van der Waals surface area (Å²) in [6.07, 6.45) is 10.0. The van der Waals surface area contributed by atoms with E-state index in [1.165, 1.54) is 38.5 Å². The molecule has 1 fully saturated rings. The van der Waals surface area contributed by atoms with Gasteiger partial charge in [0.2, 0.25) is 5.95 Å². The first-order valence-electron chi connectivity index (χ1n) is 6.60. The molecule has 0 aromatic carbocycles. The molecule has 1 heterocycles. The van der Waals surface area contributed by atoms with E-state index in [0.717, 1.165) is 18.2 Å². The van der Waals surface area contributed by atoms with Crippen molar-refractivity contribution < 1.29 is 0 Å². The average molecular weight is 221 g/mol. The van der Waals surface area contributed by atoms with Crippen molar-refractivity contribution in [3.05, 3.63) is 11.9 Å². The summed E-state index contributed by atoms with van der Waals surface area (Å²) < 4.78 is 2.28. The Hall–Kier alpha value is -0.990. The summed E-state index contributed by atoms with van der Waals surface area (Å²) >= 11 is 0. The van der Waals surface area contributed by atoms with Crippen molar-refractivity contribution in [3.63, 3.8) is 0 Å². The summed E-state index contributed by atoms with van der Waals surface area (Å²) in [6.45, 7) is 5.43. The van der Waals surface area contributed by atoms with E-state index in [2.05, 4.69) is 34.9 Å². The van der Waals surface area contributed by atoms with Crippen molar-refractivity contribution in [1.29, 1.82) is 0 Å². The van der Waals surface area contributed by atoms with Crippen LogP contribution in [-0.2, 0) is 6.54 Å². The van der Waals surface area contributed by atoms with Gasteiger partial charge >= 0.3 is 0 Å². The second-order valence-electron chi connectivity index (χ2n) is 4.88. The van der Waals surface area contributed by atoms with Crippen LogP contribution in [-0.4, -0.2) is 15.6 Å². The van der Waals surface area contributed by atoms with Gasteiger partial charge in [0.15, 0.2) is 0 Å². The largest absolute Gasteiger partial charge is 0.353 e. The number of hydrogen-bond acceptors (Lipinski definition) is 2. The lowest BCUT2D eigenvalue weighted by Gasteiger charge is -2.08. The molecule has 0 amide bonds. The SMILES string of the molecule is CCCCCCn1cc(C)nc1NC1CC1. The van der Waals surface area contributed by atoms with Gasteiger partial charge < -0.3 is 9.88 Å². The molecular weight excluding hydrogens is 198 g/mol. The zero-order valence-corrected chi connectivity index (χ0v) is 10.5. The minimum Gasteiger partial charge on any atom is -0.353 e. The second kappa shape index (κ2) is 5.37. The lowest BCUT2D eigenvalue weighted by atomic mass is 10.2. The highest BCUT2D eigenvalue weighted by Gasteiger charge is 2.22. The molecule has 1 aromatic heterocycles. The topological polar surface area (TPSA) is 29.9 Å². The lowest BCUT2D eigenvalue weighted by Crippen LogP contribution is -2.09. The van der Waals surface area contributed by atoms with Gasteiger partial charge in [-0.2, -0.15) is 0 Å². The summed E-state index contributed by atoms with van der Waals surface area (Å²) in [7, 11) is 0. The standard InChI is InChI=1S/C13H23N3/c1-3-4-5-6-9-16-10-11(2)14-13(16)15-12-7-8-12/h10,12H,3-9H2,1-2H3,(H,14,15). The molecule has 3 nitrogen and oxygen atoms in total. The summed E-state index contributed by atoms with van der Waals surface area (Å²) in [5.74, 6) is 1.08. The van der Waals surface area contributed by atoms with Crippen LogP contribution < -0.4 is 5.32 Å². The van der Waals surface area contributed by atoms with Crippen LogP contribution in [0.15, 0.2) is 6.20 Å². The maximum absolute atomic E-state index is 4.54. The Balaban J connectivity index is 1.85. The number of anilines is 1. The van der Waals surface area contributed by atoms with E-state index >= 15 is 0 Å². The van der Waals surface area contributed by atoms with Gasteiger partial charge in [0.05, 0.1) is 5.69 Å². The van der Waals surface area contributed by atoms with E-state index in [1.807, 2.05) is 0 Å². The molecular formula is C13H23N3. The highest BCUT2D eigenvalue weighted by atomic mass is 15.2. The first-order chi connectivity index (χ1) is 7.79. The summed E-state index contributed by atoms with van der Waals surface area (Å²) in [4.78, 5) is 4.54. The van der Waals surface area contributed by atoms with Crippen molar-refractivity contribution in [2.45, 2.75) is 65.0 Å². The fourth-order valence-electron chi connectivity index (χ4n) is 1.95. The molecule has 0 saturated heterocycles. The molecule has 0 unspecified atom stereocenters. The fourth-order valence-corrected chi connectivity index (χ4v) is 1.95. The van der Waals surface area contributed by atoms with E-state index in [-0.39, 0.29) is 0 Å². The average Bonchev–Trinajstić information content (AvgIpc) is 2.99. The molecule has 0 spiro atoms. The molecule has 1 N–H and O–H groups in total. The molecule has 1 aromatic rings. The predicted octanol–water partition coefficient (Wildman–Crippen LogP) is 3.35. The number of aromatic nitrogens is 2. The van der Waals surface area contributed by atoms with E-state index in [4.69, 9.17) is 0 Å². The van der Waals surface area contributed by atoms with Crippen molar-refractivity contribution in [2.75, 3.05) is 5.32 Å². The Bertz CT molecular complexity index is 326. The van der Waals surface area contributed by atoms with Gasteiger partial charge in [-0.15, -0.1) is 0 Å². The van der Waals surface area contributed by atoms with Gasteiger partial charge in [-0.1, -0.05) is 26.2 Å². The quantitative estimate of drug-likeness (QED) is 0.716. The molecule has 1 aliphatic rings. The molecule has 90 valence electrons. The van der Waals surface area contributed by atoms with Gasteiger partial charge in [-0.05, 0) is 26.2 Å².